The molecule has 2 N–H and O–H groups in total. The molecule has 1 rings (SSSR count). The summed E-state index contributed by atoms with van der Waals surface area (Å²) in [6.07, 6.45) is 0. The Bertz CT molecular complexity index is 294. The molecular formula is C11H23N3O2S. The summed E-state index contributed by atoms with van der Waals surface area (Å²) in [6, 6.07) is 0. The molecule has 0 aliphatic carbocycles. The normalized spacial score (nSPS) is 20.4. The van der Waals surface area contributed by atoms with Gasteiger partial charge >= 0.3 is 0 Å². The number of nitrogens with zero attached hydrogens (tertiary/aromatic N) is 2. The number of aliphatic imine (C=N–C) groups is 1. The number of morpholine rings is 1. The maximum atomic E-state index is 11.8. The monoisotopic (exact) mass is 261 g/mol. The molecular weight excluding hydrogens is 238 g/mol. The predicted molar refractivity (Wildman–Crippen MR) is 71.6 cm³/mol. The van der Waals surface area contributed by atoms with Gasteiger partial charge in [0.15, 0.2) is 5.96 Å². The largest absolute Gasteiger partial charge is 0.378 e. The summed E-state index contributed by atoms with van der Waals surface area (Å²) in [6.45, 7) is 9.41. The van der Waals surface area contributed by atoms with E-state index in [1.165, 1.54) is 0 Å². The molecule has 1 aliphatic rings. The summed E-state index contributed by atoms with van der Waals surface area (Å²) < 4.78 is 16.8. The van der Waals surface area contributed by atoms with Crippen molar-refractivity contribution in [3.05, 3.63) is 0 Å². The highest BCUT2D eigenvalue weighted by Gasteiger charge is 2.18. The summed E-state index contributed by atoms with van der Waals surface area (Å²) in [5, 5.41) is 0. The molecule has 0 amide bonds. The van der Waals surface area contributed by atoms with E-state index in [-0.39, 0.29) is 4.75 Å². The Morgan fingerprint density at radius 3 is 2.53 bits per heavy atom. The highest BCUT2D eigenvalue weighted by molar-refractivity contribution is 7.86. The molecule has 0 aromatic rings. The Morgan fingerprint density at radius 1 is 1.41 bits per heavy atom. The first-order chi connectivity index (χ1) is 7.91. The van der Waals surface area contributed by atoms with Gasteiger partial charge in [0.25, 0.3) is 0 Å². The van der Waals surface area contributed by atoms with Gasteiger partial charge in [-0.25, -0.2) is 0 Å². The molecule has 1 aliphatic heterocycles. The van der Waals surface area contributed by atoms with Gasteiger partial charge in [0.05, 0.1) is 19.8 Å². The first-order valence-electron chi connectivity index (χ1n) is 5.92. The lowest BCUT2D eigenvalue weighted by Gasteiger charge is -2.27. The second-order valence-electron chi connectivity index (χ2n) is 5.00. The van der Waals surface area contributed by atoms with Crippen LogP contribution in [-0.4, -0.2) is 58.4 Å². The van der Waals surface area contributed by atoms with Gasteiger partial charge in [0, 0.05) is 34.4 Å². The van der Waals surface area contributed by atoms with Crippen molar-refractivity contribution in [3.63, 3.8) is 0 Å². The van der Waals surface area contributed by atoms with E-state index in [9.17, 15) is 4.21 Å². The molecule has 0 spiro atoms. The Balaban J connectivity index is 2.35. The fourth-order valence-corrected chi connectivity index (χ4v) is 2.31. The average molecular weight is 261 g/mol. The van der Waals surface area contributed by atoms with Crippen LogP contribution in [0, 0.1) is 0 Å². The summed E-state index contributed by atoms with van der Waals surface area (Å²) in [5.74, 6) is 1.10. The number of guanidine groups is 1. The van der Waals surface area contributed by atoms with Gasteiger partial charge in [-0.15, -0.1) is 0 Å². The van der Waals surface area contributed by atoms with Crippen molar-refractivity contribution in [2.75, 3.05) is 38.6 Å². The smallest absolute Gasteiger partial charge is 0.191 e. The Labute approximate surface area is 106 Å². The van der Waals surface area contributed by atoms with Crippen LogP contribution in [0.4, 0.5) is 0 Å². The van der Waals surface area contributed by atoms with Crippen LogP contribution in [0.25, 0.3) is 0 Å². The van der Waals surface area contributed by atoms with Crippen LogP contribution in [-0.2, 0) is 15.5 Å². The summed E-state index contributed by atoms with van der Waals surface area (Å²) in [4.78, 5) is 6.28. The first-order valence-corrected chi connectivity index (χ1v) is 7.24. The standard InChI is InChI=1S/C11H23N3O2S/c1-11(2,3)17(15)9-4-13-10(12)14-5-7-16-8-6-14/h4-9H2,1-3H3,(H2,12,13). The van der Waals surface area contributed by atoms with Crippen LogP contribution in [0.1, 0.15) is 20.8 Å². The third-order valence-corrected chi connectivity index (χ3v) is 4.49. The van der Waals surface area contributed by atoms with E-state index in [0.717, 1.165) is 13.1 Å². The van der Waals surface area contributed by atoms with Crippen LogP contribution in [0.2, 0.25) is 0 Å². The third-order valence-electron chi connectivity index (χ3n) is 2.57. The van der Waals surface area contributed by atoms with Crippen molar-refractivity contribution < 1.29 is 8.95 Å². The highest BCUT2D eigenvalue weighted by Crippen LogP contribution is 2.10. The predicted octanol–water partition coefficient (Wildman–Crippen LogP) is 0.181. The third kappa shape index (κ3) is 5.04. The second kappa shape index (κ2) is 6.35. The topological polar surface area (TPSA) is 67.9 Å². The molecule has 17 heavy (non-hydrogen) atoms. The molecule has 1 atom stereocenters. The highest BCUT2D eigenvalue weighted by atomic mass is 32.2. The van der Waals surface area contributed by atoms with Crippen LogP contribution in [0.15, 0.2) is 4.99 Å². The van der Waals surface area contributed by atoms with Crippen molar-refractivity contribution in [1.29, 1.82) is 0 Å². The lowest BCUT2D eigenvalue weighted by molar-refractivity contribution is 0.0674. The van der Waals surface area contributed by atoms with E-state index in [2.05, 4.69) is 4.99 Å². The van der Waals surface area contributed by atoms with E-state index >= 15 is 0 Å². The molecule has 1 unspecified atom stereocenters. The minimum absolute atomic E-state index is 0.177. The number of ether oxygens (including phenoxy) is 1. The van der Waals surface area contributed by atoms with Gasteiger partial charge in [-0.2, -0.15) is 0 Å². The first kappa shape index (κ1) is 14.4. The van der Waals surface area contributed by atoms with E-state index in [0.29, 0.717) is 31.5 Å². The van der Waals surface area contributed by atoms with E-state index < -0.39 is 10.8 Å². The zero-order valence-corrected chi connectivity index (χ0v) is 11.8. The van der Waals surface area contributed by atoms with Gasteiger partial charge in [0.2, 0.25) is 0 Å². The summed E-state index contributed by atoms with van der Waals surface area (Å²) in [5.41, 5.74) is 5.87. The molecule has 100 valence electrons. The van der Waals surface area contributed by atoms with Crippen LogP contribution in [0.3, 0.4) is 0 Å². The minimum atomic E-state index is -0.865. The second-order valence-corrected chi connectivity index (χ2v) is 7.33. The number of nitrogens with two attached hydrogens (primary N) is 1. The quantitative estimate of drug-likeness (QED) is 0.581. The fourth-order valence-electron chi connectivity index (χ4n) is 1.44. The molecule has 1 heterocycles. The summed E-state index contributed by atoms with van der Waals surface area (Å²) >= 11 is 0. The number of hydrogen-bond donors (Lipinski definition) is 1. The molecule has 1 fully saturated rings. The van der Waals surface area contributed by atoms with Gasteiger partial charge in [-0.05, 0) is 20.8 Å². The van der Waals surface area contributed by atoms with Crippen LogP contribution in [0.5, 0.6) is 0 Å². The molecule has 6 heteroatoms. The molecule has 0 bridgehead atoms. The Morgan fingerprint density at radius 2 is 2.00 bits per heavy atom. The van der Waals surface area contributed by atoms with Gasteiger partial charge in [-0.1, -0.05) is 0 Å². The maximum absolute atomic E-state index is 11.8. The van der Waals surface area contributed by atoms with Crippen molar-refractivity contribution in [3.8, 4) is 0 Å². The van der Waals surface area contributed by atoms with E-state index in [1.807, 2.05) is 25.7 Å². The Kier molecular flexibility index (Phi) is 5.39. The lowest BCUT2D eigenvalue weighted by Crippen LogP contribution is -2.45. The van der Waals surface area contributed by atoms with E-state index in [4.69, 9.17) is 10.5 Å². The molecule has 5 nitrogen and oxygen atoms in total. The van der Waals surface area contributed by atoms with Crippen molar-refractivity contribution in [2.45, 2.75) is 25.5 Å². The lowest BCUT2D eigenvalue weighted by atomic mass is 10.3. The average Bonchev–Trinajstić information content (AvgIpc) is 2.28. The molecule has 0 aromatic carbocycles. The van der Waals surface area contributed by atoms with Gasteiger partial charge in [-0.3, -0.25) is 9.20 Å². The van der Waals surface area contributed by atoms with Crippen molar-refractivity contribution in [1.82, 2.24) is 4.90 Å². The molecule has 1 saturated heterocycles. The van der Waals surface area contributed by atoms with Gasteiger partial charge in [0.1, 0.15) is 0 Å². The molecule has 0 saturated carbocycles. The number of rotatable bonds is 3. The zero-order chi connectivity index (χ0) is 12.9. The zero-order valence-electron chi connectivity index (χ0n) is 10.9. The van der Waals surface area contributed by atoms with E-state index in [1.54, 1.807) is 0 Å². The van der Waals surface area contributed by atoms with Crippen molar-refractivity contribution >= 4 is 16.8 Å². The SMILES string of the molecule is CC(C)(C)S(=O)CCN=C(N)N1CCOCC1. The molecule has 0 aromatic heterocycles. The van der Waals surface area contributed by atoms with Crippen molar-refractivity contribution in [2.24, 2.45) is 10.7 Å². The minimum Gasteiger partial charge on any atom is -0.378 e. The fraction of sp³-hybridized carbons (Fsp3) is 0.909. The van der Waals surface area contributed by atoms with Crippen LogP contribution >= 0.6 is 0 Å². The maximum Gasteiger partial charge on any atom is 0.191 e. The number of hydrogen-bond acceptors (Lipinski definition) is 3. The van der Waals surface area contributed by atoms with Gasteiger partial charge < -0.3 is 15.4 Å². The van der Waals surface area contributed by atoms with Crippen LogP contribution < -0.4 is 5.73 Å². The molecule has 0 radical (unpaired) electrons. The Hall–Kier alpha value is -0.620. The summed E-state index contributed by atoms with van der Waals surface area (Å²) in [7, 11) is -0.865.